The normalized spacial score (nSPS) is 13.3. The molecule has 4 nitrogen and oxygen atoms in total. The summed E-state index contributed by atoms with van der Waals surface area (Å²) in [6.45, 7) is 1.63. The van der Waals surface area contributed by atoms with Crippen LogP contribution in [0.1, 0.15) is 12.5 Å². The summed E-state index contributed by atoms with van der Waals surface area (Å²) in [6, 6.07) is 2.92. The Hall–Kier alpha value is -1.51. The van der Waals surface area contributed by atoms with Crippen molar-refractivity contribution in [1.29, 1.82) is 0 Å². The lowest BCUT2D eigenvalue weighted by Crippen LogP contribution is -2.35. The molecule has 1 aromatic heterocycles. The predicted molar refractivity (Wildman–Crippen MR) is 78.6 cm³/mol. The number of rotatable bonds is 5. The van der Waals surface area contributed by atoms with Crippen LogP contribution < -0.4 is 10.5 Å². The number of anilines is 1. The van der Waals surface area contributed by atoms with Gasteiger partial charge in [-0.3, -0.25) is 0 Å². The van der Waals surface area contributed by atoms with E-state index in [0.717, 1.165) is 17.7 Å². The molecule has 2 rings (SSSR count). The SMILES string of the molecule is CC(Cc1ccsc1)NS(=O)(=O)c1c(F)cc(N)cc1F. The molecule has 114 valence electrons. The zero-order chi connectivity index (χ0) is 15.6. The fraction of sp³-hybridized carbons (Fsp3) is 0.231. The minimum Gasteiger partial charge on any atom is -0.399 e. The monoisotopic (exact) mass is 332 g/mol. The van der Waals surface area contributed by atoms with Gasteiger partial charge in [0.05, 0.1) is 0 Å². The van der Waals surface area contributed by atoms with Crippen LogP contribution in [0.25, 0.3) is 0 Å². The Morgan fingerprint density at radius 1 is 1.33 bits per heavy atom. The second kappa shape index (κ2) is 6.08. The van der Waals surface area contributed by atoms with Crippen LogP contribution in [0, 0.1) is 11.6 Å². The third-order valence-corrected chi connectivity index (χ3v) is 5.14. The standard InChI is InChI=1S/C13H14F2N2O2S2/c1-8(4-9-2-3-20-7-9)17-21(18,19)13-11(14)5-10(16)6-12(13)15/h2-3,5-8,17H,4,16H2,1H3. The van der Waals surface area contributed by atoms with E-state index in [9.17, 15) is 17.2 Å². The molecule has 0 fully saturated rings. The van der Waals surface area contributed by atoms with E-state index in [4.69, 9.17) is 5.73 Å². The molecular formula is C13H14F2N2O2S2. The highest BCUT2D eigenvalue weighted by Gasteiger charge is 2.26. The van der Waals surface area contributed by atoms with Crippen LogP contribution in [0.2, 0.25) is 0 Å². The van der Waals surface area contributed by atoms with Gasteiger partial charge < -0.3 is 5.73 Å². The van der Waals surface area contributed by atoms with E-state index in [1.54, 1.807) is 6.92 Å². The van der Waals surface area contributed by atoms with Crippen molar-refractivity contribution < 1.29 is 17.2 Å². The Morgan fingerprint density at radius 3 is 2.48 bits per heavy atom. The third-order valence-electron chi connectivity index (χ3n) is 2.77. The molecule has 2 aromatic rings. The maximum Gasteiger partial charge on any atom is 0.246 e. The number of nitrogens with two attached hydrogens (primary N) is 1. The molecule has 0 aliphatic carbocycles. The molecule has 21 heavy (non-hydrogen) atoms. The maximum atomic E-state index is 13.7. The Labute approximate surface area is 125 Å². The molecule has 0 radical (unpaired) electrons. The molecule has 0 spiro atoms. The average Bonchev–Trinajstić information content (AvgIpc) is 2.78. The van der Waals surface area contributed by atoms with Gasteiger partial charge in [0, 0.05) is 11.7 Å². The van der Waals surface area contributed by atoms with Crippen molar-refractivity contribution in [2.24, 2.45) is 0 Å². The first kappa shape index (κ1) is 15.9. The molecule has 1 atom stereocenters. The van der Waals surface area contributed by atoms with E-state index in [1.807, 2.05) is 16.8 Å². The minimum atomic E-state index is -4.29. The van der Waals surface area contributed by atoms with Gasteiger partial charge in [-0.25, -0.2) is 21.9 Å². The quantitative estimate of drug-likeness (QED) is 0.827. The third kappa shape index (κ3) is 3.78. The van der Waals surface area contributed by atoms with E-state index in [-0.39, 0.29) is 5.69 Å². The average molecular weight is 332 g/mol. The number of thiophene rings is 1. The van der Waals surface area contributed by atoms with Crippen molar-refractivity contribution >= 4 is 27.0 Å². The molecule has 1 heterocycles. The summed E-state index contributed by atoms with van der Waals surface area (Å²) >= 11 is 1.49. The van der Waals surface area contributed by atoms with E-state index >= 15 is 0 Å². The number of hydrogen-bond donors (Lipinski definition) is 2. The van der Waals surface area contributed by atoms with Crippen molar-refractivity contribution in [2.45, 2.75) is 24.3 Å². The van der Waals surface area contributed by atoms with Gasteiger partial charge in [0.15, 0.2) is 4.90 Å². The van der Waals surface area contributed by atoms with E-state index in [0.29, 0.717) is 6.42 Å². The summed E-state index contributed by atoms with van der Waals surface area (Å²) in [7, 11) is -4.29. The Morgan fingerprint density at radius 2 is 1.95 bits per heavy atom. The molecular weight excluding hydrogens is 318 g/mol. The van der Waals surface area contributed by atoms with Gasteiger partial charge in [0.1, 0.15) is 11.6 Å². The van der Waals surface area contributed by atoms with E-state index in [2.05, 4.69) is 4.72 Å². The number of nitrogens with one attached hydrogen (secondary N) is 1. The molecule has 0 saturated heterocycles. The van der Waals surface area contributed by atoms with Crippen LogP contribution in [-0.4, -0.2) is 14.5 Å². The van der Waals surface area contributed by atoms with Crippen molar-refractivity contribution in [3.63, 3.8) is 0 Å². The fourth-order valence-electron chi connectivity index (χ4n) is 1.96. The Kier molecular flexibility index (Phi) is 4.60. The van der Waals surface area contributed by atoms with Crippen molar-refractivity contribution in [2.75, 3.05) is 5.73 Å². The molecule has 1 aromatic carbocycles. The lowest BCUT2D eigenvalue weighted by Gasteiger charge is -2.14. The van der Waals surface area contributed by atoms with Gasteiger partial charge >= 0.3 is 0 Å². The molecule has 3 N–H and O–H groups in total. The first-order valence-electron chi connectivity index (χ1n) is 6.07. The van der Waals surface area contributed by atoms with E-state index < -0.39 is 32.6 Å². The number of halogens is 2. The summed E-state index contributed by atoms with van der Waals surface area (Å²) < 4.78 is 53.9. The first-order valence-corrected chi connectivity index (χ1v) is 8.50. The van der Waals surface area contributed by atoms with Gasteiger partial charge in [0.2, 0.25) is 10.0 Å². The van der Waals surface area contributed by atoms with Crippen LogP contribution in [-0.2, 0) is 16.4 Å². The van der Waals surface area contributed by atoms with Crippen molar-refractivity contribution in [3.05, 3.63) is 46.2 Å². The second-order valence-corrected chi connectivity index (χ2v) is 7.10. The van der Waals surface area contributed by atoms with Gasteiger partial charge in [-0.15, -0.1) is 0 Å². The van der Waals surface area contributed by atoms with Crippen LogP contribution in [0.3, 0.4) is 0 Å². The van der Waals surface area contributed by atoms with Crippen LogP contribution in [0.15, 0.2) is 33.9 Å². The van der Waals surface area contributed by atoms with Crippen LogP contribution in [0.5, 0.6) is 0 Å². The lowest BCUT2D eigenvalue weighted by molar-refractivity contribution is 0.508. The van der Waals surface area contributed by atoms with Gasteiger partial charge in [-0.1, -0.05) is 0 Å². The Balaban J connectivity index is 2.22. The van der Waals surface area contributed by atoms with Gasteiger partial charge in [-0.2, -0.15) is 11.3 Å². The smallest absolute Gasteiger partial charge is 0.246 e. The van der Waals surface area contributed by atoms with Gasteiger partial charge in [0.25, 0.3) is 0 Å². The van der Waals surface area contributed by atoms with Crippen molar-refractivity contribution in [1.82, 2.24) is 4.72 Å². The largest absolute Gasteiger partial charge is 0.399 e. The molecule has 0 aliphatic heterocycles. The van der Waals surface area contributed by atoms with E-state index in [1.165, 1.54) is 11.3 Å². The van der Waals surface area contributed by atoms with Crippen LogP contribution >= 0.6 is 11.3 Å². The lowest BCUT2D eigenvalue weighted by atomic mass is 10.1. The second-order valence-electron chi connectivity index (χ2n) is 4.67. The zero-order valence-electron chi connectivity index (χ0n) is 11.1. The Bertz CT molecular complexity index is 708. The maximum absolute atomic E-state index is 13.7. The minimum absolute atomic E-state index is 0.171. The molecule has 1 unspecified atom stereocenters. The number of nitrogen functional groups attached to an aromatic ring is 1. The summed E-state index contributed by atoms with van der Waals surface area (Å²) in [4.78, 5) is -1.01. The fourth-order valence-corrected chi connectivity index (χ4v) is 4.01. The summed E-state index contributed by atoms with van der Waals surface area (Å²) in [6.07, 6.45) is 0.431. The predicted octanol–water partition coefficient (Wildman–Crippen LogP) is 2.52. The topological polar surface area (TPSA) is 72.2 Å². The number of hydrogen-bond acceptors (Lipinski definition) is 4. The zero-order valence-corrected chi connectivity index (χ0v) is 12.8. The van der Waals surface area contributed by atoms with Crippen molar-refractivity contribution in [3.8, 4) is 0 Å². The number of sulfonamides is 1. The summed E-state index contributed by atoms with van der Waals surface area (Å²) in [5, 5.41) is 3.76. The molecule has 0 aliphatic rings. The summed E-state index contributed by atoms with van der Waals surface area (Å²) in [5.41, 5.74) is 6.05. The highest BCUT2D eigenvalue weighted by molar-refractivity contribution is 7.89. The number of benzene rings is 1. The summed E-state index contributed by atoms with van der Waals surface area (Å²) in [5.74, 6) is -2.41. The van der Waals surface area contributed by atoms with Gasteiger partial charge in [-0.05, 0) is 47.9 Å². The highest BCUT2D eigenvalue weighted by atomic mass is 32.2. The first-order chi connectivity index (χ1) is 9.79. The highest BCUT2D eigenvalue weighted by Crippen LogP contribution is 2.22. The molecule has 0 bridgehead atoms. The molecule has 0 saturated carbocycles. The molecule has 0 amide bonds. The van der Waals surface area contributed by atoms with Crippen LogP contribution in [0.4, 0.5) is 14.5 Å². The molecule has 8 heteroatoms.